The second-order valence-electron chi connectivity index (χ2n) is 5.36. The second kappa shape index (κ2) is 7.49. The molecule has 0 bridgehead atoms. The summed E-state index contributed by atoms with van der Waals surface area (Å²) in [6.07, 6.45) is 1.69. The number of halogens is 1. The lowest BCUT2D eigenvalue weighted by molar-refractivity contribution is -0.128. The van der Waals surface area contributed by atoms with Crippen LogP contribution in [0, 0.1) is 0 Å². The van der Waals surface area contributed by atoms with E-state index in [4.69, 9.17) is 11.6 Å². The number of carbonyl (C=O) groups excluding carboxylic acids is 1. The summed E-state index contributed by atoms with van der Waals surface area (Å²) in [5, 5.41) is 20.0. The average molecular weight is 330 g/mol. The quantitative estimate of drug-likeness (QED) is 0.831. The summed E-state index contributed by atoms with van der Waals surface area (Å²) in [5.74, 6) is 0.441. The lowest BCUT2D eigenvalue weighted by atomic mass is 9.96. The van der Waals surface area contributed by atoms with E-state index >= 15 is 0 Å². The summed E-state index contributed by atoms with van der Waals surface area (Å²) in [5.41, 5.74) is -1.03. The Morgan fingerprint density at radius 3 is 2.67 bits per heavy atom. The molecule has 1 amide bonds. The number of rotatable bonds is 4. The Morgan fingerprint density at radius 2 is 2.00 bits per heavy atom. The van der Waals surface area contributed by atoms with Crippen LogP contribution < -0.4 is 0 Å². The predicted molar refractivity (Wildman–Crippen MR) is 84.6 cm³/mol. The van der Waals surface area contributed by atoms with E-state index in [9.17, 15) is 15.0 Å². The Bertz CT molecular complexity index is 482. The number of likely N-dealkylation sites (tertiary alicyclic amines) is 1. The van der Waals surface area contributed by atoms with E-state index in [1.54, 1.807) is 4.90 Å². The fraction of sp³-hybridized carbons (Fsp3) is 0.533. The Morgan fingerprint density at radius 1 is 1.29 bits per heavy atom. The summed E-state index contributed by atoms with van der Waals surface area (Å²) >= 11 is 7.31. The molecule has 2 rings (SSSR count). The van der Waals surface area contributed by atoms with Crippen LogP contribution in [0.1, 0.15) is 19.3 Å². The maximum absolute atomic E-state index is 12.2. The molecule has 1 heterocycles. The van der Waals surface area contributed by atoms with Gasteiger partial charge in [0.25, 0.3) is 0 Å². The lowest BCUT2D eigenvalue weighted by Gasteiger charge is -2.24. The monoisotopic (exact) mass is 329 g/mol. The molecule has 0 aromatic heterocycles. The number of hydrogen-bond donors (Lipinski definition) is 2. The highest BCUT2D eigenvalue weighted by Crippen LogP contribution is 2.24. The minimum absolute atomic E-state index is 0.0668. The molecule has 6 heteroatoms. The van der Waals surface area contributed by atoms with E-state index in [1.807, 2.05) is 24.3 Å². The number of thioether (sulfide) groups is 1. The Hall–Kier alpha value is -0.750. The number of aliphatic hydroxyl groups is 2. The van der Waals surface area contributed by atoms with Gasteiger partial charge in [-0.15, -0.1) is 11.8 Å². The van der Waals surface area contributed by atoms with E-state index in [1.165, 1.54) is 11.8 Å². The standard InChI is InChI=1S/C15H20ClNO3S/c16-12-2-4-13(5-3-12)21-10-14(19)17-8-1-6-15(20,11-18)7-9-17/h2-5,18,20H,1,6-11H2/t15-/m1/s1. The van der Waals surface area contributed by atoms with Gasteiger partial charge in [-0.1, -0.05) is 11.6 Å². The highest BCUT2D eigenvalue weighted by Gasteiger charge is 2.30. The molecule has 2 N–H and O–H groups in total. The van der Waals surface area contributed by atoms with Gasteiger partial charge in [0.15, 0.2) is 0 Å². The first-order valence-electron chi connectivity index (χ1n) is 7.02. The fourth-order valence-corrected chi connectivity index (χ4v) is 3.28. The van der Waals surface area contributed by atoms with Gasteiger partial charge in [0.1, 0.15) is 0 Å². The molecule has 0 aliphatic carbocycles. The number of carbonyl (C=O) groups is 1. The molecule has 1 aliphatic rings. The third-order valence-corrected chi connectivity index (χ3v) is 4.99. The van der Waals surface area contributed by atoms with E-state index in [-0.39, 0.29) is 12.5 Å². The van der Waals surface area contributed by atoms with Crippen LogP contribution in [-0.4, -0.2) is 52.1 Å². The van der Waals surface area contributed by atoms with Crippen molar-refractivity contribution in [2.75, 3.05) is 25.4 Å². The summed E-state index contributed by atoms with van der Waals surface area (Å²) in [7, 11) is 0. The molecule has 1 atom stereocenters. The SMILES string of the molecule is O=C(CSc1ccc(Cl)cc1)N1CCC[C@](O)(CO)CC1. The summed E-state index contributed by atoms with van der Waals surface area (Å²) in [6, 6.07) is 7.41. The molecule has 1 aromatic carbocycles. The van der Waals surface area contributed by atoms with Crippen LogP contribution in [0.4, 0.5) is 0 Å². The van der Waals surface area contributed by atoms with E-state index < -0.39 is 5.60 Å². The fourth-order valence-electron chi connectivity index (χ4n) is 2.35. The minimum Gasteiger partial charge on any atom is -0.393 e. The molecule has 0 saturated carbocycles. The van der Waals surface area contributed by atoms with E-state index in [2.05, 4.69) is 0 Å². The number of aliphatic hydroxyl groups excluding tert-OH is 1. The average Bonchev–Trinajstić information content (AvgIpc) is 2.69. The molecule has 116 valence electrons. The largest absolute Gasteiger partial charge is 0.393 e. The van der Waals surface area contributed by atoms with Gasteiger partial charge in [-0.05, 0) is 43.5 Å². The molecule has 0 spiro atoms. The lowest BCUT2D eigenvalue weighted by Crippen LogP contribution is -2.37. The zero-order valence-electron chi connectivity index (χ0n) is 11.8. The summed E-state index contributed by atoms with van der Waals surface area (Å²) in [4.78, 5) is 15.0. The third-order valence-electron chi connectivity index (χ3n) is 3.74. The molecule has 1 saturated heterocycles. The summed E-state index contributed by atoms with van der Waals surface area (Å²) in [6.45, 7) is 0.897. The van der Waals surface area contributed by atoms with Crippen LogP contribution in [0.3, 0.4) is 0 Å². The van der Waals surface area contributed by atoms with Crippen LogP contribution >= 0.6 is 23.4 Å². The Labute approximate surface area is 134 Å². The highest BCUT2D eigenvalue weighted by molar-refractivity contribution is 8.00. The minimum atomic E-state index is -1.03. The normalized spacial score (nSPS) is 22.9. The number of nitrogens with zero attached hydrogens (tertiary/aromatic N) is 1. The van der Waals surface area contributed by atoms with Gasteiger partial charge in [-0.25, -0.2) is 0 Å². The van der Waals surface area contributed by atoms with Crippen LogP contribution in [0.15, 0.2) is 29.2 Å². The van der Waals surface area contributed by atoms with Gasteiger partial charge < -0.3 is 15.1 Å². The Kier molecular flexibility index (Phi) is 5.93. The molecule has 1 fully saturated rings. The van der Waals surface area contributed by atoms with Crippen molar-refractivity contribution in [3.63, 3.8) is 0 Å². The Balaban J connectivity index is 1.84. The van der Waals surface area contributed by atoms with Crippen molar-refractivity contribution in [3.05, 3.63) is 29.3 Å². The molecule has 4 nitrogen and oxygen atoms in total. The van der Waals surface area contributed by atoms with Crippen molar-refractivity contribution in [3.8, 4) is 0 Å². The maximum atomic E-state index is 12.2. The van der Waals surface area contributed by atoms with Gasteiger partial charge in [0, 0.05) is 23.0 Å². The van der Waals surface area contributed by atoms with Gasteiger partial charge in [0.05, 0.1) is 18.0 Å². The molecule has 1 aliphatic heterocycles. The molecule has 0 radical (unpaired) electrons. The maximum Gasteiger partial charge on any atom is 0.232 e. The number of benzene rings is 1. The van der Waals surface area contributed by atoms with Gasteiger partial charge >= 0.3 is 0 Å². The number of hydrogen-bond acceptors (Lipinski definition) is 4. The van der Waals surface area contributed by atoms with Crippen molar-refractivity contribution >= 4 is 29.3 Å². The summed E-state index contributed by atoms with van der Waals surface area (Å²) < 4.78 is 0. The molecule has 0 unspecified atom stereocenters. The highest BCUT2D eigenvalue weighted by atomic mass is 35.5. The van der Waals surface area contributed by atoms with Crippen LogP contribution in [0.25, 0.3) is 0 Å². The smallest absolute Gasteiger partial charge is 0.232 e. The van der Waals surface area contributed by atoms with Crippen molar-refractivity contribution in [1.29, 1.82) is 0 Å². The van der Waals surface area contributed by atoms with Crippen molar-refractivity contribution < 1.29 is 15.0 Å². The van der Waals surface area contributed by atoms with Crippen molar-refractivity contribution in [2.45, 2.75) is 29.8 Å². The zero-order valence-corrected chi connectivity index (χ0v) is 13.4. The van der Waals surface area contributed by atoms with E-state index in [0.29, 0.717) is 43.1 Å². The predicted octanol–water partition coefficient (Wildman–Crippen LogP) is 2.17. The van der Waals surface area contributed by atoms with Gasteiger partial charge in [-0.2, -0.15) is 0 Å². The molecule has 1 aromatic rings. The zero-order chi connectivity index (χ0) is 15.3. The third kappa shape index (κ3) is 4.88. The van der Waals surface area contributed by atoms with Crippen LogP contribution in [0.2, 0.25) is 5.02 Å². The van der Waals surface area contributed by atoms with Crippen LogP contribution in [0.5, 0.6) is 0 Å². The molecule has 21 heavy (non-hydrogen) atoms. The first kappa shape index (κ1) is 16.6. The van der Waals surface area contributed by atoms with Crippen molar-refractivity contribution in [1.82, 2.24) is 4.90 Å². The van der Waals surface area contributed by atoms with Crippen LogP contribution in [-0.2, 0) is 4.79 Å². The second-order valence-corrected chi connectivity index (χ2v) is 6.84. The molecular weight excluding hydrogens is 310 g/mol. The first-order valence-corrected chi connectivity index (χ1v) is 8.38. The number of amides is 1. The van der Waals surface area contributed by atoms with Gasteiger partial charge in [-0.3, -0.25) is 4.79 Å². The van der Waals surface area contributed by atoms with Crippen molar-refractivity contribution in [2.24, 2.45) is 0 Å². The van der Waals surface area contributed by atoms with Gasteiger partial charge in [0.2, 0.25) is 5.91 Å². The molecular formula is C15H20ClNO3S. The first-order chi connectivity index (χ1) is 10.0. The van der Waals surface area contributed by atoms with E-state index in [0.717, 1.165) is 4.90 Å². The topological polar surface area (TPSA) is 60.8 Å².